The molecule has 6 nitrogen and oxygen atoms in total. The molecule has 2 aromatic rings. The first kappa shape index (κ1) is 22.7. The number of hydrogen-bond acceptors (Lipinski definition) is 5. The molecule has 0 spiro atoms. The lowest BCUT2D eigenvalue weighted by Gasteiger charge is -2.11. The largest absolute Gasteiger partial charge is 0.382 e. The SMILES string of the molecule is Cc1cc2cc(C(=O)/C(C#N)=C/N(C)C)n(SI)c2cc1NS(=O)CCCF. The van der Waals surface area contributed by atoms with E-state index < -0.39 is 17.7 Å². The Bertz CT molecular complexity index is 982. The number of Topliss-reactive ketones (excluding diaryl/α,β-unsaturated/α-hetero) is 1. The monoisotopic (exact) mass is 534 g/mol. The van der Waals surface area contributed by atoms with Gasteiger partial charge in [0.05, 0.1) is 17.9 Å². The van der Waals surface area contributed by atoms with Crippen LogP contribution >= 0.6 is 30.3 Å². The van der Waals surface area contributed by atoms with Crippen LogP contribution in [0.4, 0.5) is 10.1 Å². The Morgan fingerprint density at radius 1 is 1.46 bits per heavy atom. The summed E-state index contributed by atoms with van der Waals surface area (Å²) in [6.45, 7) is 1.36. The van der Waals surface area contributed by atoms with Crippen molar-refractivity contribution >= 4 is 63.7 Å². The molecular formula is C18H20FIN4O2S2. The number of carbonyl (C=O) groups is 1. The standard InChI is InChI=1S/C18H20FIN4O2S2/c1-12-7-13-8-17(18(25)14(10-21)11-23(2)3)24(27-20)16(13)9-15(12)22-28(26)6-4-5-19/h7-9,11,22H,4-6H2,1-3H3/b14-11+. The van der Waals surface area contributed by atoms with E-state index in [0.717, 1.165) is 16.5 Å². The molecule has 0 fully saturated rings. The molecule has 0 aliphatic rings. The number of halogens is 2. The molecule has 2 rings (SSSR count). The number of rotatable bonds is 9. The molecule has 1 unspecified atom stereocenters. The zero-order valence-corrected chi connectivity index (χ0v) is 19.5. The molecule has 1 heterocycles. The quantitative estimate of drug-likeness (QED) is 0.224. The van der Waals surface area contributed by atoms with Gasteiger partial charge in [0, 0.05) is 61.8 Å². The number of anilines is 1. The number of aryl methyl sites for hydroxylation is 1. The van der Waals surface area contributed by atoms with Crippen molar-refractivity contribution < 1.29 is 13.4 Å². The van der Waals surface area contributed by atoms with Gasteiger partial charge in [0.25, 0.3) is 0 Å². The van der Waals surface area contributed by atoms with E-state index in [0.29, 0.717) is 11.4 Å². The fourth-order valence-electron chi connectivity index (χ4n) is 2.58. The smallest absolute Gasteiger partial charge is 0.222 e. The second-order valence-corrected chi connectivity index (χ2v) is 9.25. The van der Waals surface area contributed by atoms with E-state index in [1.54, 1.807) is 29.0 Å². The number of alkyl halides is 1. The zero-order valence-electron chi connectivity index (χ0n) is 15.7. The highest BCUT2D eigenvalue weighted by molar-refractivity contribution is 14.2. The summed E-state index contributed by atoms with van der Waals surface area (Å²) >= 11 is 2.07. The molecule has 1 aromatic carbocycles. The van der Waals surface area contributed by atoms with Gasteiger partial charge in [0.15, 0.2) is 0 Å². The van der Waals surface area contributed by atoms with E-state index in [1.165, 1.54) is 15.3 Å². The summed E-state index contributed by atoms with van der Waals surface area (Å²) in [6.07, 6.45) is 1.73. The number of aromatic nitrogens is 1. The molecule has 1 atom stereocenters. The molecule has 0 aliphatic heterocycles. The summed E-state index contributed by atoms with van der Waals surface area (Å²) < 4.78 is 29.0. The van der Waals surface area contributed by atoms with E-state index in [9.17, 15) is 18.7 Å². The number of fused-ring (bicyclic) bond motifs is 1. The highest BCUT2D eigenvalue weighted by Crippen LogP contribution is 2.33. The topological polar surface area (TPSA) is 78.1 Å². The molecule has 0 amide bonds. The van der Waals surface area contributed by atoms with Crippen LogP contribution < -0.4 is 4.72 Å². The molecule has 1 aromatic heterocycles. The minimum absolute atomic E-state index is 0.0434. The first-order chi connectivity index (χ1) is 13.3. The van der Waals surface area contributed by atoms with Gasteiger partial charge in [-0.05, 0) is 37.1 Å². The third-order valence-corrected chi connectivity index (χ3v) is 6.66. The Morgan fingerprint density at radius 3 is 2.75 bits per heavy atom. The van der Waals surface area contributed by atoms with E-state index >= 15 is 0 Å². The average molecular weight is 534 g/mol. The minimum Gasteiger partial charge on any atom is -0.382 e. The molecular weight excluding hydrogens is 514 g/mol. The molecule has 0 saturated heterocycles. The second kappa shape index (κ2) is 10.3. The molecule has 0 radical (unpaired) electrons. The lowest BCUT2D eigenvalue weighted by molar-refractivity contribution is 0.103. The Hall–Kier alpha value is -1.58. The predicted molar refractivity (Wildman–Crippen MR) is 123 cm³/mol. The average Bonchev–Trinajstić information content (AvgIpc) is 3.01. The van der Waals surface area contributed by atoms with Gasteiger partial charge in [-0.3, -0.25) is 13.2 Å². The lowest BCUT2D eigenvalue weighted by atomic mass is 10.1. The first-order valence-electron chi connectivity index (χ1n) is 8.31. The summed E-state index contributed by atoms with van der Waals surface area (Å²) in [5.74, 6) is -0.143. The van der Waals surface area contributed by atoms with Crippen LogP contribution in [0, 0.1) is 18.3 Å². The molecule has 1 N–H and O–H groups in total. The molecule has 150 valence electrons. The molecule has 28 heavy (non-hydrogen) atoms. The van der Waals surface area contributed by atoms with Crippen LogP contribution in [0.1, 0.15) is 22.5 Å². The van der Waals surface area contributed by atoms with Gasteiger partial charge in [-0.25, -0.2) is 4.21 Å². The number of nitrogens with one attached hydrogen (secondary N) is 1. The maximum atomic E-state index is 12.9. The van der Waals surface area contributed by atoms with Crippen molar-refractivity contribution in [1.29, 1.82) is 5.26 Å². The van der Waals surface area contributed by atoms with Crippen molar-refractivity contribution in [3.05, 3.63) is 41.2 Å². The van der Waals surface area contributed by atoms with Gasteiger partial charge < -0.3 is 9.62 Å². The number of hydrogen-bond donors (Lipinski definition) is 1. The van der Waals surface area contributed by atoms with E-state index in [4.69, 9.17) is 0 Å². The van der Waals surface area contributed by atoms with Crippen molar-refractivity contribution in [3.63, 3.8) is 0 Å². The third-order valence-electron chi connectivity index (χ3n) is 3.84. The van der Waals surface area contributed by atoms with Crippen molar-refractivity contribution in [1.82, 2.24) is 8.87 Å². The van der Waals surface area contributed by atoms with E-state index in [1.807, 2.05) is 25.1 Å². The first-order valence-corrected chi connectivity index (χ1v) is 12.9. The van der Waals surface area contributed by atoms with Crippen molar-refractivity contribution in [2.24, 2.45) is 0 Å². The van der Waals surface area contributed by atoms with Gasteiger partial charge in [-0.15, -0.1) is 0 Å². The van der Waals surface area contributed by atoms with Gasteiger partial charge in [-0.2, -0.15) is 5.26 Å². The van der Waals surface area contributed by atoms with Crippen LogP contribution in [0.25, 0.3) is 10.9 Å². The summed E-state index contributed by atoms with van der Waals surface area (Å²) in [6, 6.07) is 7.42. The maximum Gasteiger partial charge on any atom is 0.222 e. The normalized spacial score (nSPS) is 12.6. The summed E-state index contributed by atoms with van der Waals surface area (Å²) in [4.78, 5) is 14.5. The Labute approximate surface area is 182 Å². The van der Waals surface area contributed by atoms with E-state index in [-0.39, 0.29) is 23.5 Å². The number of ketones is 1. The fourth-order valence-corrected chi connectivity index (χ4v) is 5.24. The van der Waals surface area contributed by atoms with Crippen LogP contribution in [0.3, 0.4) is 0 Å². The van der Waals surface area contributed by atoms with Crippen molar-refractivity contribution in [2.75, 3.05) is 31.2 Å². The van der Waals surface area contributed by atoms with Crippen molar-refractivity contribution in [3.8, 4) is 6.07 Å². The second-order valence-electron chi connectivity index (χ2n) is 6.26. The molecule has 10 heteroatoms. The van der Waals surface area contributed by atoms with Gasteiger partial charge >= 0.3 is 0 Å². The van der Waals surface area contributed by atoms with Crippen LogP contribution in [0.5, 0.6) is 0 Å². The third kappa shape index (κ3) is 5.27. The zero-order chi connectivity index (χ0) is 20.8. The number of nitrogens with zero attached hydrogens (tertiary/aromatic N) is 3. The Balaban J connectivity index is 2.50. The van der Waals surface area contributed by atoms with Gasteiger partial charge in [0.2, 0.25) is 5.78 Å². The van der Waals surface area contributed by atoms with Crippen LogP contribution in [0.2, 0.25) is 0 Å². The van der Waals surface area contributed by atoms with Crippen LogP contribution in [-0.4, -0.2) is 45.4 Å². The highest BCUT2D eigenvalue weighted by atomic mass is 127. The molecule has 0 aliphatic carbocycles. The summed E-state index contributed by atoms with van der Waals surface area (Å²) in [5.41, 5.74) is 2.72. The molecule has 0 saturated carbocycles. The molecule has 0 bridgehead atoms. The predicted octanol–water partition coefficient (Wildman–Crippen LogP) is 4.38. The maximum absolute atomic E-state index is 12.9. The number of nitriles is 1. The summed E-state index contributed by atoms with van der Waals surface area (Å²) in [7, 11) is 3.43. The number of carbonyl (C=O) groups excluding carboxylic acids is 1. The van der Waals surface area contributed by atoms with Crippen molar-refractivity contribution in [2.45, 2.75) is 13.3 Å². The minimum atomic E-state index is -1.38. The van der Waals surface area contributed by atoms with Gasteiger partial charge in [-0.1, -0.05) is 0 Å². The Morgan fingerprint density at radius 2 is 2.18 bits per heavy atom. The number of benzene rings is 1. The van der Waals surface area contributed by atoms with Crippen LogP contribution in [-0.2, 0) is 11.0 Å². The fraction of sp³-hybridized carbons (Fsp3) is 0.333. The number of allylic oxidation sites excluding steroid dienone is 1. The Kier molecular flexibility index (Phi) is 8.33. The lowest BCUT2D eigenvalue weighted by Crippen LogP contribution is -2.11. The summed E-state index contributed by atoms with van der Waals surface area (Å²) in [5, 5.41) is 10.2. The van der Waals surface area contributed by atoms with Crippen LogP contribution in [0.15, 0.2) is 30.0 Å². The highest BCUT2D eigenvalue weighted by Gasteiger charge is 2.21. The van der Waals surface area contributed by atoms with E-state index in [2.05, 4.69) is 25.9 Å². The van der Waals surface area contributed by atoms with Gasteiger partial charge in [0.1, 0.15) is 28.3 Å².